The van der Waals surface area contributed by atoms with Crippen LogP contribution in [0.3, 0.4) is 0 Å². The number of nitrogens with zero attached hydrogens (tertiary/aromatic N) is 4. The Labute approximate surface area is 207 Å². The van der Waals surface area contributed by atoms with Gasteiger partial charge in [-0.15, -0.1) is 11.3 Å². The van der Waals surface area contributed by atoms with Crippen LogP contribution < -0.4 is 10.2 Å². The molecule has 1 aromatic carbocycles. The molecule has 0 aliphatic heterocycles. The van der Waals surface area contributed by atoms with Gasteiger partial charge in [-0.25, -0.2) is 9.97 Å². The number of imidazole rings is 1. The summed E-state index contributed by atoms with van der Waals surface area (Å²) in [4.78, 5) is 23.2. The summed E-state index contributed by atoms with van der Waals surface area (Å²) in [6.45, 7) is 4.92. The minimum Gasteiger partial charge on any atom is -0.440 e. The normalized spacial score (nSPS) is 13.2. The number of anilines is 2. The van der Waals surface area contributed by atoms with Crippen LogP contribution >= 0.6 is 11.3 Å². The highest BCUT2D eigenvalue weighted by atomic mass is 32.1. The van der Waals surface area contributed by atoms with Crippen molar-refractivity contribution in [3.8, 4) is 10.6 Å². The lowest BCUT2D eigenvalue weighted by Crippen LogP contribution is -2.43. The summed E-state index contributed by atoms with van der Waals surface area (Å²) in [6.07, 6.45) is -5.98. The number of hydrogen-bond donors (Lipinski definition) is 3. The number of fused-ring (bicyclic) bond motifs is 1. The van der Waals surface area contributed by atoms with Gasteiger partial charge in [-0.2, -0.15) is 13.2 Å². The average Bonchev–Trinajstić information content (AvgIpc) is 3.50. The zero-order valence-corrected chi connectivity index (χ0v) is 20.6. The molecule has 0 saturated carbocycles. The number of carbonyl (C=O) groups is 1. The maximum atomic E-state index is 13.0. The Bertz CT molecular complexity index is 1400. The number of thiophene rings is 1. The Hall–Kier alpha value is -3.42. The van der Waals surface area contributed by atoms with E-state index in [1.54, 1.807) is 43.7 Å². The summed E-state index contributed by atoms with van der Waals surface area (Å²) in [5, 5.41) is 22.7. The van der Waals surface area contributed by atoms with Gasteiger partial charge in [0.15, 0.2) is 11.7 Å². The summed E-state index contributed by atoms with van der Waals surface area (Å²) in [5.41, 5.74) is -0.356. The first-order valence-electron chi connectivity index (χ1n) is 10.8. The number of hydrogen-bond acceptors (Lipinski definition) is 8. The van der Waals surface area contributed by atoms with Crippen molar-refractivity contribution in [2.75, 3.05) is 17.3 Å². The molecule has 0 aliphatic rings. The highest BCUT2D eigenvalue weighted by molar-refractivity contribution is 7.17. The van der Waals surface area contributed by atoms with E-state index in [-0.39, 0.29) is 23.7 Å². The monoisotopic (exact) mass is 523 g/mol. The first kappa shape index (κ1) is 25.7. The van der Waals surface area contributed by atoms with Crippen molar-refractivity contribution in [1.82, 2.24) is 14.5 Å². The number of halogens is 3. The van der Waals surface area contributed by atoms with E-state index in [1.165, 1.54) is 29.5 Å². The van der Waals surface area contributed by atoms with Gasteiger partial charge in [0.25, 0.3) is 5.91 Å². The van der Waals surface area contributed by atoms with Gasteiger partial charge in [-0.3, -0.25) is 10.1 Å². The number of oxazole rings is 1. The number of alkyl halides is 3. The van der Waals surface area contributed by atoms with E-state index < -0.39 is 23.9 Å². The Balaban J connectivity index is 1.67. The number of nitrogens with one attached hydrogen (secondary N) is 1. The molecule has 13 heteroatoms. The van der Waals surface area contributed by atoms with E-state index in [0.29, 0.717) is 31.8 Å². The highest BCUT2D eigenvalue weighted by Gasteiger charge is 2.41. The second-order valence-corrected chi connectivity index (χ2v) is 9.98. The van der Waals surface area contributed by atoms with E-state index in [9.17, 15) is 28.2 Å². The molecule has 0 aliphatic carbocycles. The Morgan fingerprint density at radius 1 is 1.28 bits per heavy atom. The lowest BCUT2D eigenvalue weighted by molar-refractivity contribution is -0.202. The zero-order valence-electron chi connectivity index (χ0n) is 19.8. The number of aryl methyl sites for hydroxylation is 1. The topological polar surface area (TPSA) is 117 Å². The van der Waals surface area contributed by atoms with Crippen molar-refractivity contribution in [3.05, 3.63) is 47.3 Å². The van der Waals surface area contributed by atoms with Crippen molar-refractivity contribution in [3.63, 3.8) is 0 Å². The largest absolute Gasteiger partial charge is 0.440 e. The van der Waals surface area contributed by atoms with E-state index in [0.717, 1.165) is 7.05 Å². The van der Waals surface area contributed by atoms with Crippen LogP contribution in [0.15, 0.2) is 40.9 Å². The second kappa shape index (κ2) is 9.22. The molecule has 36 heavy (non-hydrogen) atoms. The summed E-state index contributed by atoms with van der Waals surface area (Å²) >= 11 is 1.19. The fourth-order valence-corrected chi connectivity index (χ4v) is 4.42. The van der Waals surface area contributed by atoms with Crippen LogP contribution in [0.25, 0.3) is 21.7 Å². The first-order valence-corrected chi connectivity index (χ1v) is 11.6. The van der Waals surface area contributed by atoms with Gasteiger partial charge in [-0.05, 0) is 44.2 Å². The number of aliphatic hydroxyl groups is 2. The summed E-state index contributed by atoms with van der Waals surface area (Å²) < 4.78 is 46.0. The molecule has 1 amide bonds. The van der Waals surface area contributed by atoms with E-state index in [4.69, 9.17) is 4.42 Å². The SMILES string of the molecule is Cc1ncc(-c2ccc(C(=O)Nc3nc4cc(N(C)C(O)C(F)(F)F)ccc4n3CC(C)(C)O)s2)o1. The van der Waals surface area contributed by atoms with Gasteiger partial charge < -0.3 is 24.1 Å². The quantitative estimate of drug-likeness (QED) is 0.308. The molecule has 3 aromatic heterocycles. The molecule has 192 valence electrons. The number of rotatable bonds is 7. The Kier molecular flexibility index (Phi) is 6.58. The van der Waals surface area contributed by atoms with Crippen LogP contribution in [0.5, 0.6) is 0 Å². The number of amides is 1. The summed E-state index contributed by atoms with van der Waals surface area (Å²) in [5.74, 6) is 0.680. The van der Waals surface area contributed by atoms with Crippen molar-refractivity contribution in [1.29, 1.82) is 0 Å². The van der Waals surface area contributed by atoms with Gasteiger partial charge in [0.2, 0.25) is 12.2 Å². The third-order valence-electron chi connectivity index (χ3n) is 5.26. The maximum absolute atomic E-state index is 13.0. The molecule has 0 saturated heterocycles. The average molecular weight is 524 g/mol. The van der Waals surface area contributed by atoms with Crippen LogP contribution in [-0.4, -0.2) is 55.7 Å². The van der Waals surface area contributed by atoms with Crippen molar-refractivity contribution < 1.29 is 32.6 Å². The molecule has 4 aromatic rings. The van der Waals surface area contributed by atoms with Gasteiger partial charge >= 0.3 is 6.18 Å². The summed E-state index contributed by atoms with van der Waals surface area (Å²) in [7, 11) is 1.11. The molecule has 0 bridgehead atoms. The number of aromatic nitrogens is 3. The third-order valence-corrected chi connectivity index (χ3v) is 6.36. The molecular formula is C23H24F3N5O4S. The lowest BCUT2D eigenvalue weighted by Gasteiger charge is -2.27. The van der Waals surface area contributed by atoms with Crippen molar-refractivity contribution >= 4 is 39.9 Å². The van der Waals surface area contributed by atoms with Gasteiger partial charge in [0, 0.05) is 19.7 Å². The number of aliphatic hydroxyl groups excluding tert-OH is 1. The zero-order chi connectivity index (χ0) is 26.4. The molecule has 1 unspecified atom stereocenters. The van der Waals surface area contributed by atoms with Gasteiger partial charge in [0.1, 0.15) is 0 Å². The van der Waals surface area contributed by atoms with Crippen LogP contribution in [0.2, 0.25) is 0 Å². The van der Waals surface area contributed by atoms with E-state index >= 15 is 0 Å². The van der Waals surface area contributed by atoms with Crippen LogP contribution in [0, 0.1) is 6.92 Å². The van der Waals surface area contributed by atoms with Crippen LogP contribution in [-0.2, 0) is 6.54 Å². The van der Waals surface area contributed by atoms with Crippen molar-refractivity contribution in [2.24, 2.45) is 0 Å². The molecule has 9 nitrogen and oxygen atoms in total. The second-order valence-electron chi connectivity index (χ2n) is 8.89. The standard InChI is InChI=1S/C23H24F3N5O4S/c1-12-27-10-16(35-12)17-7-8-18(36-17)19(32)29-21-28-14-9-13(30(4)20(33)23(24,25)26)5-6-15(14)31(21)11-22(2,3)34/h5-10,20,33-34H,11H2,1-4H3,(H,28,29,32). The summed E-state index contributed by atoms with van der Waals surface area (Å²) in [6, 6.07) is 7.65. The smallest absolute Gasteiger partial charge is 0.433 e. The Morgan fingerprint density at radius 2 is 2.00 bits per heavy atom. The molecule has 0 spiro atoms. The fourth-order valence-electron chi connectivity index (χ4n) is 3.57. The highest BCUT2D eigenvalue weighted by Crippen LogP contribution is 2.32. The van der Waals surface area contributed by atoms with Crippen molar-refractivity contribution in [2.45, 2.75) is 45.3 Å². The Morgan fingerprint density at radius 3 is 2.61 bits per heavy atom. The molecule has 4 rings (SSSR count). The third kappa shape index (κ3) is 5.37. The molecule has 1 atom stereocenters. The van der Waals surface area contributed by atoms with Gasteiger partial charge in [-0.1, -0.05) is 0 Å². The molecule has 3 N–H and O–H groups in total. The number of carbonyl (C=O) groups excluding carboxylic acids is 1. The minimum absolute atomic E-state index is 0.0481. The molecule has 3 heterocycles. The molecule has 0 fully saturated rings. The predicted octanol–water partition coefficient (Wildman–Crippen LogP) is 4.40. The first-order chi connectivity index (χ1) is 16.7. The van der Waals surface area contributed by atoms with E-state index in [1.807, 2.05) is 0 Å². The molecule has 0 radical (unpaired) electrons. The molecular weight excluding hydrogens is 499 g/mol. The number of benzene rings is 1. The van der Waals surface area contributed by atoms with E-state index in [2.05, 4.69) is 15.3 Å². The fraction of sp³-hybridized carbons (Fsp3) is 0.348. The predicted molar refractivity (Wildman–Crippen MR) is 129 cm³/mol. The lowest BCUT2D eigenvalue weighted by atomic mass is 10.1. The van der Waals surface area contributed by atoms with Crippen LogP contribution in [0.1, 0.15) is 29.4 Å². The van der Waals surface area contributed by atoms with Gasteiger partial charge in [0.05, 0.1) is 39.1 Å². The maximum Gasteiger partial charge on any atom is 0.433 e. The van der Waals surface area contributed by atoms with Crippen LogP contribution in [0.4, 0.5) is 24.8 Å². The minimum atomic E-state index is -4.84.